The number of hydrogen-bond acceptors (Lipinski definition) is 4. The zero-order valence-corrected chi connectivity index (χ0v) is 23.2. The SMILES string of the molecule is C=C1/C(=C\C=C2/CCCC3(C)C2CC[C@@H]3[C@@H](C)CCCC(C)(C)O)C[C@@H](OC(=O)CBr)C[C@@H]1O. The predicted octanol–water partition coefficient (Wildman–Crippen LogP) is 6.65. The van der Waals surface area contributed by atoms with Crippen LogP contribution in [0.5, 0.6) is 0 Å². The summed E-state index contributed by atoms with van der Waals surface area (Å²) in [5, 5.41) is 20.7. The fourth-order valence-corrected chi connectivity index (χ4v) is 7.16. The number of ether oxygens (including phenoxy) is 1. The highest BCUT2D eigenvalue weighted by molar-refractivity contribution is 9.09. The average Bonchev–Trinajstić information content (AvgIpc) is 3.11. The van der Waals surface area contributed by atoms with Gasteiger partial charge >= 0.3 is 5.97 Å². The Morgan fingerprint density at radius 3 is 2.76 bits per heavy atom. The van der Waals surface area contributed by atoms with Crippen LogP contribution in [0, 0.1) is 23.2 Å². The van der Waals surface area contributed by atoms with Gasteiger partial charge in [-0.1, -0.05) is 66.9 Å². The number of esters is 1. The van der Waals surface area contributed by atoms with Gasteiger partial charge in [0.1, 0.15) is 11.4 Å². The molecule has 0 amide bonds. The molecule has 0 heterocycles. The highest BCUT2D eigenvalue weighted by atomic mass is 79.9. The molecule has 4 nitrogen and oxygen atoms in total. The van der Waals surface area contributed by atoms with E-state index in [1.165, 1.54) is 37.7 Å². The second-order valence-corrected chi connectivity index (χ2v) is 12.5. The highest BCUT2D eigenvalue weighted by Gasteiger charge is 2.50. The largest absolute Gasteiger partial charge is 0.461 e. The van der Waals surface area contributed by atoms with Crippen LogP contribution in [0.2, 0.25) is 0 Å². The molecule has 3 saturated carbocycles. The van der Waals surface area contributed by atoms with Crippen LogP contribution in [0.15, 0.2) is 35.5 Å². The first-order valence-corrected chi connectivity index (χ1v) is 14.3. The van der Waals surface area contributed by atoms with Crippen LogP contribution in [-0.2, 0) is 9.53 Å². The smallest absolute Gasteiger partial charge is 0.316 e. The van der Waals surface area contributed by atoms with Gasteiger partial charge in [0.25, 0.3) is 0 Å². The van der Waals surface area contributed by atoms with E-state index in [-0.39, 0.29) is 17.4 Å². The number of aliphatic hydroxyl groups excluding tert-OH is 1. The lowest BCUT2D eigenvalue weighted by Gasteiger charge is -2.44. The highest BCUT2D eigenvalue weighted by Crippen LogP contribution is 2.60. The topological polar surface area (TPSA) is 66.8 Å². The van der Waals surface area contributed by atoms with Crippen LogP contribution >= 0.6 is 15.9 Å². The Morgan fingerprint density at radius 2 is 2.09 bits per heavy atom. The van der Waals surface area contributed by atoms with Crippen molar-refractivity contribution in [3.05, 3.63) is 35.5 Å². The molecule has 2 unspecified atom stereocenters. The third kappa shape index (κ3) is 6.64. The molecule has 34 heavy (non-hydrogen) atoms. The van der Waals surface area contributed by atoms with Crippen LogP contribution in [0.4, 0.5) is 0 Å². The van der Waals surface area contributed by atoms with E-state index < -0.39 is 11.7 Å². The molecule has 0 aromatic carbocycles. The van der Waals surface area contributed by atoms with E-state index >= 15 is 0 Å². The van der Waals surface area contributed by atoms with E-state index in [2.05, 4.69) is 48.5 Å². The van der Waals surface area contributed by atoms with Gasteiger partial charge in [0.05, 0.1) is 11.7 Å². The van der Waals surface area contributed by atoms with Gasteiger partial charge in [0.2, 0.25) is 0 Å². The van der Waals surface area contributed by atoms with Crippen LogP contribution in [0.3, 0.4) is 0 Å². The van der Waals surface area contributed by atoms with E-state index in [9.17, 15) is 15.0 Å². The maximum Gasteiger partial charge on any atom is 0.316 e. The minimum Gasteiger partial charge on any atom is -0.461 e. The van der Waals surface area contributed by atoms with E-state index in [1.807, 2.05) is 13.8 Å². The van der Waals surface area contributed by atoms with E-state index in [4.69, 9.17) is 4.74 Å². The lowest BCUT2D eigenvalue weighted by molar-refractivity contribution is -0.147. The summed E-state index contributed by atoms with van der Waals surface area (Å²) in [5.74, 6) is 1.73. The first-order chi connectivity index (χ1) is 15.9. The van der Waals surface area contributed by atoms with E-state index in [0.29, 0.717) is 30.1 Å². The molecular weight excluding hydrogens is 492 g/mol. The minimum atomic E-state index is -0.663. The number of aliphatic hydroxyl groups is 2. The fraction of sp³-hybridized carbons (Fsp3) is 0.759. The molecule has 0 bridgehead atoms. The first-order valence-electron chi connectivity index (χ1n) is 13.2. The molecule has 0 saturated heterocycles. The summed E-state index contributed by atoms with van der Waals surface area (Å²) in [7, 11) is 0. The maximum absolute atomic E-state index is 11.7. The van der Waals surface area contributed by atoms with Crippen molar-refractivity contribution in [1.82, 2.24) is 0 Å². The molecule has 192 valence electrons. The summed E-state index contributed by atoms with van der Waals surface area (Å²) in [4.78, 5) is 11.7. The van der Waals surface area contributed by atoms with Gasteiger partial charge in [-0.05, 0) is 86.7 Å². The summed E-state index contributed by atoms with van der Waals surface area (Å²) in [6.45, 7) is 12.9. The standard InChI is InChI=1S/C29H45BrO4/c1-19(8-6-14-28(3,4)33)24-12-13-25-21(9-7-15-29(24,25)5)10-11-22-16-23(34-27(32)18-30)17-26(31)20(22)2/h10-11,19,23-26,31,33H,2,6-9,12-18H2,1,3-5H3/b21-10+,22-11-/t19-,23+,24+,25?,26-,29?/m0/s1. The van der Waals surface area contributed by atoms with E-state index in [1.54, 1.807) is 0 Å². The van der Waals surface area contributed by atoms with Gasteiger partial charge in [-0.2, -0.15) is 0 Å². The van der Waals surface area contributed by atoms with Crippen molar-refractivity contribution >= 4 is 21.9 Å². The summed E-state index contributed by atoms with van der Waals surface area (Å²) in [5.41, 5.74) is 3.06. The molecule has 0 spiro atoms. The fourth-order valence-electron chi connectivity index (χ4n) is 7.03. The molecule has 0 radical (unpaired) electrons. The maximum atomic E-state index is 11.7. The van der Waals surface area contributed by atoms with Crippen LogP contribution in [0.1, 0.15) is 91.9 Å². The van der Waals surface area contributed by atoms with Gasteiger partial charge in [-0.15, -0.1) is 0 Å². The van der Waals surface area contributed by atoms with Gasteiger partial charge in [0.15, 0.2) is 0 Å². The molecule has 0 aromatic heterocycles. The molecular formula is C29H45BrO4. The average molecular weight is 538 g/mol. The van der Waals surface area contributed by atoms with Crippen molar-refractivity contribution in [1.29, 1.82) is 0 Å². The van der Waals surface area contributed by atoms with Crippen LogP contribution < -0.4 is 0 Å². The van der Waals surface area contributed by atoms with Crippen molar-refractivity contribution in [2.75, 3.05) is 5.33 Å². The third-order valence-electron chi connectivity index (χ3n) is 8.83. The molecule has 0 aromatic rings. The Balaban J connectivity index is 1.71. The Labute approximate surface area is 215 Å². The zero-order valence-electron chi connectivity index (χ0n) is 21.6. The Bertz CT molecular complexity index is 807. The normalized spacial score (nSPS) is 35.4. The molecule has 3 aliphatic carbocycles. The van der Waals surface area contributed by atoms with Gasteiger partial charge < -0.3 is 14.9 Å². The van der Waals surface area contributed by atoms with Gasteiger partial charge in [-0.25, -0.2) is 0 Å². The number of hydrogen-bond donors (Lipinski definition) is 2. The monoisotopic (exact) mass is 536 g/mol. The first kappa shape index (κ1) is 27.7. The van der Waals surface area contributed by atoms with Crippen molar-refractivity contribution < 1.29 is 19.7 Å². The lowest BCUT2D eigenvalue weighted by Crippen LogP contribution is -2.36. The van der Waals surface area contributed by atoms with Crippen molar-refractivity contribution in [3.63, 3.8) is 0 Å². The lowest BCUT2D eigenvalue weighted by atomic mass is 9.60. The molecule has 2 N–H and O–H groups in total. The molecule has 3 fully saturated rings. The zero-order chi connectivity index (χ0) is 25.1. The molecule has 3 aliphatic rings. The Kier molecular flexibility index (Phi) is 9.30. The number of carbonyl (C=O) groups is 1. The summed E-state index contributed by atoms with van der Waals surface area (Å²) < 4.78 is 5.50. The summed E-state index contributed by atoms with van der Waals surface area (Å²) in [6, 6.07) is 0. The number of halogens is 1. The number of allylic oxidation sites excluding steroid dienone is 3. The van der Waals surface area contributed by atoms with Crippen LogP contribution in [0.25, 0.3) is 0 Å². The van der Waals surface area contributed by atoms with E-state index in [0.717, 1.165) is 36.3 Å². The molecule has 0 aliphatic heterocycles. The number of carbonyl (C=O) groups excluding carboxylic acids is 1. The second-order valence-electron chi connectivity index (χ2n) is 11.9. The predicted molar refractivity (Wildman–Crippen MR) is 142 cm³/mol. The number of alkyl halides is 1. The summed E-state index contributed by atoms with van der Waals surface area (Å²) >= 11 is 3.14. The molecule has 3 rings (SSSR count). The number of fused-ring (bicyclic) bond motifs is 1. The van der Waals surface area contributed by atoms with Crippen molar-refractivity contribution in [2.45, 2.75) is 110 Å². The Morgan fingerprint density at radius 1 is 1.35 bits per heavy atom. The number of rotatable bonds is 8. The van der Waals surface area contributed by atoms with Gasteiger partial charge in [-0.3, -0.25) is 4.79 Å². The summed E-state index contributed by atoms with van der Waals surface area (Å²) in [6.07, 6.45) is 13.8. The van der Waals surface area contributed by atoms with Gasteiger partial charge in [0, 0.05) is 12.8 Å². The molecule has 5 heteroatoms. The Hall–Kier alpha value is -0.910. The van der Waals surface area contributed by atoms with Crippen molar-refractivity contribution in [2.24, 2.45) is 23.2 Å². The van der Waals surface area contributed by atoms with Crippen molar-refractivity contribution in [3.8, 4) is 0 Å². The minimum absolute atomic E-state index is 0.168. The third-order valence-corrected chi connectivity index (χ3v) is 9.28. The quantitative estimate of drug-likeness (QED) is 0.269. The second kappa shape index (κ2) is 11.4. The molecule has 6 atom stereocenters. The van der Waals surface area contributed by atoms with Crippen LogP contribution in [-0.4, -0.2) is 39.3 Å².